The largest absolute Gasteiger partial charge is 0.374 e. The summed E-state index contributed by atoms with van der Waals surface area (Å²) < 4.78 is 0. The van der Waals surface area contributed by atoms with Crippen molar-refractivity contribution in [2.24, 2.45) is 0 Å². The number of nitrogens with one attached hydrogen (secondary N) is 2. The van der Waals surface area contributed by atoms with Crippen molar-refractivity contribution in [3.8, 4) is 0 Å². The maximum atomic E-state index is 12.4. The lowest BCUT2D eigenvalue weighted by molar-refractivity contribution is -0.385. The van der Waals surface area contributed by atoms with Crippen LogP contribution in [-0.4, -0.2) is 16.9 Å². The molecule has 0 radical (unpaired) electrons. The smallest absolute Gasteiger partial charge is 0.274 e. The SMILES string of the molecule is Cc1c(NC(=O)[C@H](C)Nc2ccc3c(c2)CCC3)cccc1[N+](=O)[O-]. The number of carbonyl (C=O) groups excluding carboxylic acids is 1. The zero-order chi connectivity index (χ0) is 18.0. The molecule has 6 nitrogen and oxygen atoms in total. The van der Waals surface area contributed by atoms with E-state index >= 15 is 0 Å². The van der Waals surface area contributed by atoms with Gasteiger partial charge in [-0.25, -0.2) is 0 Å². The molecule has 0 saturated heterocycles. The van der Waals surface area contributed by atoms with Crippen LogP contribution in [0.4, 0.5) is 17.1 Å². The monoisotopic (exact) mass is 339 g/mol. The van der Waals surface area contributed by atoms with Gasteiger partial charge in [-0.1, -0.05) is 12.1 Å². The van der Waals surface area contributed by atoms with E-state index in [4.69, 9.17) is 0 Å². The Bertz CT molecular complexity index is 833. The minimum absolute atomic E-state index is 0.00275. The molecule has 1 amide bonds. The maximum Gasteiger partial charge on any atom is 0.274 e. The Kier molecular flexibility index (Phi) is 4.70. The number of hydrogen-bond acceptors (Lipinski definition) is 4. The van der Waals surface area contributed by atoms with E-state index in [0.29, 0.717) is 11.3 Å². The van der Waals surface area contributed by atoms with Gasteiger partial charge in [0.05, 0.1) is 16.2 Å². The third kappa shape index (κ3) is 3.63. The fourth-order valence-electron chi connectivity index (χ4n) is 3.17. The molecule has 3 rings (SSSR count). The average molecular weight is 339 g/mol. The number of fused-ring (bicyclic) bond motifs is 1. The van der Waals surface area contributed by atoms with Gasteiger partial charge in [0, 0.05) is 11.8 Å². The highest BCUT2D eigenvalue weighted by Gasteiger charge is 2.18. The molecule has 130 valence electrons. The first-order valence-corrected chi connectivity index (χ1v) is 8.39. The Morgan fingerprint density at radius 2 is 1.96 bits per heavy atom. The minimum atomic E-state index is -0.460. The summed E-state index contributed by atoms with van der Waals surface area (Å²) >= 11 is 0. The highest BCUT2D eigenvalue weighted by Crippen LogP contribution is 2.26. The number of nitro groups is 1. The summed E-state index contributed by atoms with van der Waals surface area (Å²) in [6.45, 7) is 3.40. The first kappa shape index (κ1) is 17.0. The first-order valence-electron chi connectivity index (χ1n) is 8.39. The lowest BCUT2D eigenvalue weighted by Gasteiger charge is -2.17. The molecule has 1 aliphatic carbocycles. The Morgan fingerprint density at radius 3 is 2.72 bits per heavy atom. The van der Waals surface area contributed by atoms with Crippen molar-refractivity contribution in [2.45, 2.75) is 39.2 Å². The molecule has 0 aliphatic heterocycles. The molecular formula is C19H21N3O3. The van der Waals surface area contributed by atoms with E-state index in [-0.39, 0.29) is 11.6 Å². The molecule has 2 aromatic rings. The number of aryl methyl sites for hydroxylation is 2. The summed E-state index contributed by atoms with van der Waals surface area (Å²) in [4.78, 5) is 23.0. The Balaban J connectivity index is 1.69. The van der Waals surface area contributed by atoms with Crippen LogP contribution in [0.5, 0.6) is 0 Å². The van der Waals surface area contributed by atoms with Gasteiger partial charge in [-0.05, 0) is 62.4 Å². The molecule has 0 fully saturated rings. The molecule has 1 aliphatic rings. The second kappa shape index (κ2) is 6.93. The summed E-state index contributed by atoms with van der Waals surface area (Å²) in [5.74, 6) is -0.232. The standard InChI is InChI=1S/C19H21N3O3/c1-12-17(7-4-8-18(12)22(24)25)21-19(23)13(2)20-16-10-9-14-5-3-6-15(14)11-16/h4,7-11,13,20H,3,5-6H2,1-2H3,(H,21,23)/t13-/m0/s1. The van der Waals surface area contributed by atoms with Gasteiger partial charge in [-0.15, -0.1) is 0 Å². The van der Waals surface area contributed by atoms with E-state index < -0.39 is 11.0 Å². The molecular weight excluding hydrogens is 318 g/mol. The van der Waals surface area contributed by atoms with E-state index in [1.165, 1.54) is 23.6 Å². The Morgan fingerprint density at radius 1 is 1.20 bits per heavy atom. The van der Waals surface area contributed by atoms with Crippen molar-refractivity contribution in [1.29, 1.82) is 0 Å². The van der Waals surface area contributed by atoms with Gasteiger partial charge >= 0.3 is 0 Å². The summed E-state index contributed by atoms with van der Waals surface area (Å²) in [6, 6.07) is 10.4. The van der Waals surface area contributed by atoms with Crippen LogP contribution in [-0.2, 0) is 17.6 Å². The number of amides is 1. The second-order valence-electron chi connectivity index (χ2n) is 6.40. The van der Waals surface area contributed by atoms with Gasteiger partial charge in [0.2, 0.25) is 5.91 Å². The number of benzene rings is 2. The number of rotatable bonds is 5. The van der Waals surface area contributed by atoms with Crippen LogP contribution >= 0.6 is 0 Å². The number of anilines is 2. The summed E-state index contributed by atoms with van der Waals surface area (Å²) in [6.07, 6.45) is 3.39. The van der Waals surface area contributed by atoms with Crippen molar-refractivity contribution in [1.82, 2.24) is 0 Å². The van der Waals surface area contributed by atoms with E-state index in [0.717, 1.165) is 18.5 Å². The van der Waals surface area contributed by atoms with E-state index in [9.17, 15) is 14.9 Å². The molecule has 0 heterocycles. The van der Waals surface area contributed by atoms with Crippen LogP contribution in [0.1, 0.15) is 30.0 Å². The fourth-order valence-corrected chi connectivity index (χ4v) is 3.17. The van der Waals surface area contributed by atoms with Crippen molar-refractivity contribution in [3.63, 3.8) is 0 Å². The molecule has 2 aromatic carbocycles. The van der Waals surface area contributed by atoms with Gasteiger partial charge in [0.15, 0.2) is 0 Å². The Hall–Kier alpha value is -2.89. The predicted molar refractivity (Wildman–Crippen MR) is 98.0 cm³/mol. The van der Waals surface area contributed by atoms with Gasteiger partial charge in [-0.2, -0.15) is 0 Å². The van der Waals surface area contributed by atoms with Crippen LogP contribution in [0.25, 0.3) is 0 Å². The van der Waals surface area contributed by atoms with Crippen LogP contribution in [0.2, 0.25) is 0 Å². The third-order valence-corrected chi connectivity index (χ3v) is 4.63. The molecule has 0 unspecified atom stereocenters. The van der Waals surface area contributed by atoms with E-state index in [1.54, 1.807) is 26.0 Å². The van der Waals surface area contributed by atoms with Crippen LogP contribution in [0.3, 0.4) is 0 Å². The summed E-state index contributed by atoms with van der Waals surface area (Å²) in [5, 5.41) is 17.0. The van der Waals surface area contributed by atoms with Gasteiger partial charge in [-0.3, -0.25) is 14.9 Å². The van der Waals surface area contributed by atoms with Gasteiger partial charge in [0.25, 0.3) is 5.69 Å². The predicted octanol–water partition coefficient (Wildman–Crippen LogP) is 3.83. The molecule has 0 bridgehead atoms. The molecule has 0 spiro atoms. The Labute approximate surface area is 146 Å². The van der Waals surface area contributed by atoms with Crippen LogP contribution in [0.15, 0.2) is 36.4 Å². The van der Waals surface area contributed by atoms with Crippen molar-refractivity contribution in [2.75, 3.05) is 10.6 Å². The highest BCUT2D eigenvalue weighted by molar-refractivity contribution is 5.97. The van der Waals surface area contributed by atoms with Crippen molar-refractivity contribution in [3.05, 3.63) is 63.2 Å². The quantitative estimate of drug-likeness (QED) is 0.640. The molecule has 0 aromatic heterocycles. The molecule has 0 saturated carbocycles. The number of hydrogen-bond donors (Lipinski definition) is 2. The summed E-state index contributed by atoms with van der Waals surface area (Å²) in [7, 11) is 0. The molecule has 1 atom stereocenters. The molecule has 25 heavy (non-hydrogen) atoms. The fraction of sp³-hybridized carbons (Fsp3) is 0.316. The second-order valence-corrected chi connectivity index (χ2v) is 6.40. The number of nitrogens with zero attached hydrogens (tertiary/aromatic N) is 1. The lowest BCUT2D eigenvalue weighted by Crippen LogP contribution is -2.32. The van der Waals surface area contributed by atoms with Crippen LogP contribution in [0, 0.1) is 17.0 Å². The third-order valence-electron chi connectivity index (χ3n) is 4.63. The first-order chi connectivity index (χ1) is 12.0. The number of carbonyl (C=O) groups is 1. The van der Waals surface area contributed by atoms with Crippen LogP contribution < -0.4 is 10.6 Å². The van der Waals surface area contributed by atoms with E-state index in [1.807, 2.05) is 6.07 Å². The van der Waals surface area contributed by atoms with E-state index in [2.05, 4.69) is 22.8 Å². The average Bonchev–Trinajstić information content (AvgIpc) is 3.04. The maximum absolute atomic E-state index is 12.4. The summed E-state index contributed by atoms with van der Waals surface area (Å²) in [5.41, 5.74) is 4.55. The molecule has 2 N–H and O–H groups in total. The normalized spacial score (nSPS) is 13.8. The highest BCUT2D eigenvalue weighted by atomic mass is 16.6. The molecule has 6 heteroatoms. The van der Waals surface area contributed by atoms with Crippen molar-refractivity contribution >= 4 is 23.0 Å². The topological polar surface area (TPSA) is 84.3 Å². The van der Waals surface area contributed by atoms with Crippen molar-refractivity contribution < 1.29 is 9.72 Å². The minimum Gasteiger partial charge on any atom is -0.374 e. The lowest BCUT2D eigenvalue weighted by atomic mass is 10.1. The number of nitro benzene ring substituents is 1. The van der Waals surface area contributed by atoms with Gasteiger partial charge in [0.1, 0.15) is 6.04 Å². The zero-order valence-electron chi connectivity index (χ0n) is 14.3. The zero-order valence-corrected chi connectivity index (χ0v) is 14.3. The van der Waals surface area contributed by atoms with Gasteiger partial charge < -0.3 is 10.6 Å².